The first-order valence-corrected chi connectivity index (χ1v) is 8.62. The summed E-state index contributed by atoms with van der Waals surface area (Å²) in [7, 11) is 2.16. The van der Waals surface area contributed by atoms with Gasteiger partial charge in [-0.1, -0.05) is 0 Å². The summed E-state index contributed by atoms with van der Waals surface area (Å²) < 4.78 is 0. The minimum absolute atomic E-state index is 0.595. The summed E-state index contributed by atoms with van der Waals surface area (Å²) in [5.41, 5.74) is 0. The Hall–Kier alpha value is -1.01. The van der Waals surface area contributed by atoms with Crippen LogP contribution in [0.1, 0.15) is 13.3 Å². The van der Waals surface area contributed by atoms with Crippen molar-refractivity contribution >= 4 is 45.1 Å². The van der Waals surface area contributed by atoms with Gasteiger partial charge in [-0.2, -0.15) is 16.7 Å². The third-order valence-corrected chi connectivity index (χ3v) is 5.38. The molecule has 0 aliphatic carbocycles. The largest absolute Gasteiger partial charge is 0.355 e. The molecule has 4 nitrogen and oxygen atoms in total. The topological polar surface area (TPSA) is 41.1 Å². The Balaban J connectivity index is 2.01. The Bertz CT molecular complexity index is 563. The molecule has 0 bridgehead atoms. The average Bonchev–Trinajstić information content (AvgIpc) is 3.08. The lowest BCUT2D eigenvalue weighted by Gasteiger charge is -2.25. The van der Waals surface area contributed by atoms with Crippen LogP contribution in [0.4, 0.5) is 11.8 Å². The van der Waals surface area contributed by atoms with E-state index in [9.17, 15) is 0 Å². The Morgan fingerprint density at radius 2 is 2.37 bits per heavy atom. The van der Waals surface area contributed by atoms with Crippen molar-refractivity contribution in [2.45, 2.75) is 19.4 Å². The monoisotopic (exact) mass is 294 g/mol. The fourth-order valence-electron chi connectivity index (χ4n) is 2.35. The summed E-state index contributed by atoms with van der Waals surface area (Å²) in [6.07, 6.45) is 1.24. The van der Waals surface area contributed by atoms with Crippen LogP contribution in [0.2, 0.25) is 0 Å². The van der Waals surface area contributed by atoms with Crippen molar-refractivity contribution in [3.63, 3.8) is 0 Å². The van der Waals surface area contributed by atoms with Gasteiger partial charge in [0.2, 0.25) is 5.95 Å². The summed E-state index contributed by atoms with van der Waals surface area (Å²) in [4.78, 5) is 12.7. The van der Waals surface area contributed by atoms with E-state index in [1.165, 1.54) is 23.3 Å². The molecule has 6 heteroatoms. The summed E-state index contributed by atoms with van der Waals surface area (Å²) >= 11 is 3.71. The molecule has 1 N–H and O–H groups in total. The van der Waals surface area contributed by atoms with Crippen LogP contribution in [-0.2, 0) is 0 Å². The Morgan fingerprint density at radius 3 is 3.11 bits per heavy atom. The smallest absolute Gasteiger partial charge is 0.226 e. The molecule has 1 atom stereocenters. The highest BCUT2D eigenvalue weighted by Crippen LogP contribution is 2.32. The third-order valence-electron chi connectivity index (χ3n) is 3.43. The van der Waals surface area contributed by atoms with Crippen LogP contribution in [0.3, 0.4) is 0 Å². The zero-order chi connectivity index (χ0) is 13.2. The first-order valence-electron chi connectivity index (χ1n) is 6.59. The van der Waals surface area contributed by atoms with Gasteiger partial charge in [0.15, 0.2) is 0 Å². The molecule has 1 aliphatic rings. The number of hydrogen-bond acceptors (Lipinski definition) is 6. The molecule has 3 heterocycles. The Labute approximate surface area is 121 Å². The van der Waals surface area contributed by atoms with Gasteiger partial charge in [0, 0.05) is 25.4 Å². The molecule has 0 saturated carbocycles. The molecule has 0 radical (unpaired) electrons. The van der Waals surface area contributed by atoms with Gasteiger partial charge in [-0.25, -0.2) is 4.98 Å². The van der Waals surface area contributed by atoms with Gasteiger partial charge >= 0.3 is 0 Å². The fourth-order valence-corrected chi connectivity index (χ4v) is 4.37. The van der Waals surface area contributed by atoms with Crippen LogP contribution in [0.15, 0.2) is 11.4 Å². The first kappa shape index (κ1) is 13.0. The minimum atomic E-state index is 0.595. The molecule has 1 fully saturated rings. The molecule has 19 heavy (non-hydrogen) atoms. The number of aromatic nitrogens is 2. The van der Waals surface area contributed by atoms with Gasteiger partial charge in [-0.3, -0.25) is 0 Å². The highest BCUT2D eigenvalue weighted by Gasteiger charge is 2.23. The molecule has 1 saturated heterocycles. The van der Waals surface area contributed by atoms with E-state index in [-0.39, 0.29) is 0 Å². The molecule has 102 valence electrons. The number of thiophene rings is 1. The second-order valence-corrected chi connectivity index (χ2v) is 6.71. The van der Waals surface area contributed by atoms with Crippen molar-refractivity contribution in [3.8, 4) is 0 Å². The SMILES string of the molecule is CCNc1nc(N(C)C2CCSC2)c2ccsc2n1. The molecule has 2 aromatic heterocycles. The minimum Gasteiger partial charge on any atom is -0.355 e. The molecular weight excluding hydrogens is 276 g/mol. The van der Waals surface area contributed by atoms with E-state index in [0.717, 1.165) is 23.1 Å². The maximum atomic E-state index is 4.71. The fraction of sp³-hybridized carbons (Fsp3) is 0.538. The molecule has 0 spiro atoms. The molecule has 0 aromatic carbocycles. The summed E-state index contributed by atoms with van der Waals surface area (Å²) in [5, 5.41) is 6.49. The quantitative estimate of drug-likeness (QED) is 0.938. The van der Waals surface area contributed by atoms with Crippen LogP contribution in [0.5, 0.6) is 0 Å². The van der Waals surface area contributed by atoms with Crippen LogP contribution in [-0.4, -0.2) is 41.1 Å². The van der Waals surface area contributed by atoms with Gasteiger partial charge in [-0.05, 0) is 30.5 Å². The predicted molar refractivity (Wildman–Crippen MR) is 85.7 cm³/mol. The normalized spacial score (nSPS) is 18.9. The van der Waals surface area contributed by atoms with E-state index in [1.54, 1.807) is 11.3 Å². The van der Waals surface area contributed by atoms with E-state index in [1.807, 2.05) is 11.8 Å². The molecule has 1 unspecified atom stereocenters. The van der Waals surface area contributed by atoms with Crippen molar-refractivity contribution in [2.24, 2.45) is 0 Å². The number of hydrogen-bond donors (Lipinski definition) is 1. The average molecular weight is 294 g/mol. The van der Waals surface area contributed by atoms with E-state index in [2.05, 4.69) is 40.6 Å². The highest BCUT2D eigenvalue weighted by molar-refractivity contribution is 7.99. The van der Waals surface area contributed by atoms with Crippen molar-refractivity contribution in [1.29, 1.82) is 0 Å². The molecule has 1 aliphatic heterocycles. The molecule has 0 amide bonds. The van der Waals surface area contributed by atoms with Gasteiger partial charge < -0.3 is 10.2 Å². The zero-order valence-electron chi connectivity index (χ0n) is 11.2. The van der Waals surface area contributed by atoms with Crippen LogP contribution in [0, 0.1) is 0 Å². The van der Waals surface area contributed by atoms with E-state index in [4.69, 9.17) is 4.98 Å². The predicted octanol–water partition coefficient (Wildman–Crippen LogP) is 3.06. The third kappa shape index (κ3) is 2.51. The van der Waals surface area contributed by atoms with Crippen molar-refractivity contribution in [2.75, 3.05) is 35.3 Å². The first-order chi connectivity index (χ1) is 9.29. The van der Waals surface area contributed by atoms with E-state index >= 15 is 0 Å². The second-order valence-electron chi connectivity index (χ2n) is 4.67. The molecule has 2 aromatic rings. The molecule has 3 rings (SSSR count). The number of nitrogens with zero attached hydrogens (tertiary/aromatic N) is 3. The maximum Gasteiger partial charge on any atom is 0.226 e. The standard InChI is InChI=1S/C13H18N4S2/c1-3-14-13-15-11(10-5-7-19-12(10)16-13)17(2)9-4-6-18-8-9/h5,7,9H,3-4,6,8H2,1-2H3,(H,14,15,16). The van der Waals surface area contributed by atoms with Gasteiger partial charge in [0.25, 0.3) is 0 Å². The Morgan fingerprint density at radius 1 is 1.47 bits per heavy atom. The van der Waals surface area contributed by atoms with Crippen molar-refractivity contribution in [1.82, 2.24) is 9.97 Å². The lowest BCUT2D eigenvalue weighted by atomic mass is 10.2. The van der Waals surface area contributed by atoms with Crippen molar-refractivity contribution in [3.05, 3.63) is 11.4 Å². The number of fused-ring (bicyclic) bond motifs is 1. The van der Waals surface area contributed by atoms with Crippen LogP contribution in [0.25, 0.3) is 10.2 Å². The van der Waals surface area contributed by atoms with Crippen LogP contribution >= 0.6 is 23.1 Å². The summed E-state index contributed by atoms with van der Waals surface area (Å²) in [6, 6.07) is 2.72. The Kier molecular flexibility index (Phi) is 3.79. The lowest BCUT2D eigenvalue weighted by molar-refractivity contribution is 0.694. The van der Waals surface area contributed by atoms with Gasteiger partial charge in [-0.15, -0.1) is 11.3 Å². The van der Waals surface area contributed by atoms with E-state index in [0.29, 0.717) is 6.04 Å². The molecular formula is C13H18N4S2. The zero-order valence-corrected chi connectivity index (χ0v) is 12.9. The van der Waals surface area contributed by atoms with Gasteiger partial charge in [0.1, 0.15) is 10.6 Å². The summed E-state index contributed by atoms with van der Waals surface area (Å²) in [6.45, 7) is 2.91. The van der Waals surface area contributed by atoms with Crippen molar-refractivity contribution < 1.29 is 0 Å². The lowest BCUT2D eigenvalue weighted by Crippen LogP contribution is -2.32. The van der Waals surface area contributed by atoms with E-state index < -0.39 is 0 Å². The van der Waals surface area contributed by atoms with Crippen LogP contribution < -0.4 is 10.2 Å². The number of rotatable bonds is 4. The highest BCUT2D eigenvalue weighted by atomic mass is 32.2. The number of nitrogens with one attached hydrogen (secondary N) is 1. The number of thioether (sulfide) groups is 1. The maximum absolute atomic E-state index is 4.71. The summed E-state index contributed by atoms with van der Waals surface area (Å²) in [5.74, 6) is 4.26. The second kappa shape index (κ2) is 5.54. The van der Waals surface area contributed by atoms with Gasteiger partial charge in [0.05, 0.1) is 5.39 Å². The number of anilines is 2.